The molecule has 3 rings (SSSR count). The number of ether oxygens (including phenoxy) is 2. The molecular weight excluding hydrogens is 438 g/mol. The Labute approximate surface area is 186 Å². The van der Waals surface area contributed by atoms with Gasteiger partial charge in [0.05, 0.1) is 7.11 Å². The number of benzene rings is 2. The van der Waals surface area contributed by atoms with E-state index < -0.39 is 17.5 Å². The highest BCUT2D eigenvalue weighted by molar-refractivity contribution is 7.15. The molecule has 7 nitrogen and oxygen atoms in total. The van der Waals surface area contributed by atoms with Gasteiger partial charge >= 0.3 is 0 Å². The lowest BCUT2D eigenvalue weighted by atomic mass is 10.1. The normalized spacial score (nSPS) is 11.0. The van der Waals surface area contributed by atoms with E-state index in [1.54, 1.807) is 18.2 Å². The summed E-state index contributed by atoms with van der Waals surface area (Å²) in [6.07, 6.45) is 2.07. The second kappa shape index (κ2) is 10.5. The minimum Gasteiger partial charge on any atom is -0.493 e. The lowest BCUT2D eigenvalue weighted by Gasteiger charge is -2.12. The van der Waals surface area contributed by atoms with Crippen LogP contribution in [0, 0.1) is 23.0 Å². The van der Waals surface area contributed by atoms with Gasteiger partial charge in [0, 0.05) is 5.56 Å². The second-order valence-electron chi connectivity index (χ2n) is 6.41. The van der Waals surface area contributed by atoms with Crippen molar-refractivity contribution in [3.8, 4) is 17.6 Å². The van der Waals surface area contributed by atoms with Crippen molar-refractivity contribution < 1.29 is 23.0 Å². The lowest BCUT2D eigenvalue weighted by Crippen LogP contribution is -2.13. The van der Waals surface area contributed by atoms with Gasteiger partial charge in [-0.05, 0) is 48.4 Å². The number of hydrogen-bond acceptors (Lipinski definition) is 7. The summed E-state index contributed by atoms with van der Waals surface area (Å²) in [4.78, 5) is 12.4. The first-order chi connectivity index (χ1) is 15.4. The summed E-state index contributed by atoms with van der Waals surface area (Å²) in [6.45, 7) is 1.71. The molecule has 0 unspecified atom stereocenters. The van der Waals surface area contributed by atoms with E-state index in [-0.39, 0.29) is 23.5 Å². The number of carbonyl (C=O) groups excluding carboxylic acids is 1. The van der Waals surface area contributed by atoms with Gasteiger partial charge in [-0.1, -0.05) is 24.3 Å². The molecule has 0 radical (unpaired) electrons. The summed E-state index contributed by atoms with van der Waals surface area (Å²) in [6, 6.07) is 9.67. The standard InChI is InChI=1S/C22H18F2N4O3S/c1-3-20-27-28-22(32-20)26-21(29)14(11-25)8-13-4-7-18(19(9-13)30-2)31-12-15-10-16(23)5-6-17(15)24/h4-10H,3,12H2,1-2H3,(H,26,28,29)/b14-8-. The molecule has 1 heterocycles. The molecule has 32 heavy (non-hydrogen) atoms. The average molecular weight is 456 g/mol. The van der Waals surface area contributed by atoms with Gasteiger partial charge in [-0.3, -0.25) is 10.1 Å². The monoisotopic (exact) mass is 456 g/mol. The molecule has 1 amide bonds. The molecule has 0 fully saturated rings. The Bertz CT molecular complexity index is 1200. The first-order valence-corrected chi connectivity index (χ1v) is 10.3. The number of halogens is 2. The van der Waals surface area contributed by atoms with E-state index in [1.807, 2.05) is 13.0 Å². The maximum atomic E-state index is 13.8. The number of aromatic nitrogens is 2. The SMILES string of the molecule is CCc1nnc(NC(=O)/C(C#N)=C\c2ccc(OCc3cc(F)ccc3F)c(OC)c2)s1. The highest BCUT2D eigenvalue weighted by Gasteiger charge is 2.14. The van der Waals surface area contributed by atoms with Gasteiger partial charge < -0.3 is 9.47 Å². The zero-order chi connectivity index (χ0) is 23.1. The van der Waals surface area contributed by atoms with Crippen LogP contribution in [0.5, 0.6) is 11.5 Å². The van der Waals surface area contributed by atoms with Crippen molar-refractivity contribution in [2.45, 2.75) is 20.0 Å². The number of nitrogens with one attached hydrogen (secondary N) is 1. The number of amides is 1. The van der Waals surface area contributed by atoms with Gasteiger partial charge in [-0.15, -0.1) is 10.2 Å². The van der Waals surface area contributed by atoms with Crippen LogP contribution in [0.3, 0.4) is 0 Å². The maximum absolute atomic E-state index is 13.8. The van der Waals surface area contributed by atoms with Crippen molar-refractivity contribution in [2.24, 2.45) is 0 Å². The van der Waals surface area contributed by atoms with E-state index in [0.717, 1.165) is 23.2 Å². The predicted molar refractivity (Wildman–Crippen MR) is 115 cm³/mol. The van der Waals surface area contributed by atoms with E-state index >= 15 is 0 Å². The highest BCUT2D eigenvalue weighted by Crippen LogP contribution is 2.30. The fourth-order valence-corrected chi connectivity index (χ4v) is 3.30. The van der Waals surface area contributed by atoms with Gasteiger partial charge in [-0.2, -0.15) is 5.26 Å². The zero-order valence-electron chi connectivity index (χ0n) is 17.2. The minimum absolute atomic E-state index is 0.0578. The van der Waals surface area contributed by atoms with Gasteiger partial charge in [0.25, 0.3) is 5.91 Å². The summed E-state index contributed by atoms with van der Waals surface area (Å²) in [5.74, 6) is -1.19. The molecule has 0 aliphatic heterocycles. The van der Waals surface area contributed by atoms with Crippen molar-refractivity contribution in [3.05, 3.63) is 69.7 Å². The van der Waals surface area contributed by atoms with Crippen LogP contribution in [0.25, 0.3) is 6.08 Å². The summed E-state index contributed by atoms with van der Waals surface area (Å²) < 4.78 is 38.0. The van der Waals surface area contributed by atoms with Crippen molar-refractivity contribution >= 4 is 28.5 Å². The Balaban J connectivity index is 1.75. The lowest BCUT2D eigenvalue weighted by molar-refractivity contribution is -0.112. The van der Waals surface area contributed by atoms with E-state index in [2.05, 4.69) is 15.5 Å². The third kappa shape index (κ3) is 5.65. The Kier molecular flexibility index (Phi) is 7.46. The summed E-state index contributed by atoms with van der Waals surface area (Å²) in [5, 5.41) is 20.8. The second-order valence-corrected chi connectivity index (χ2v) is 7.48. The van der Waals surface area contributed by atoms with E-state index in [0.29, 0.717) is 22.9 Å². The molecule has 3 aromatic rings. The van der Waals surface area contributed by atoms with Crippen LogP contribution in [-0.4, -0.2) is 23.2 Å². The fourth-order valence-electron chi connectivity index (χ4n) is 2.63. The number of carbonyl (C=O) groups is 1. The average Bonchev–Trinajstić information content (AvgIpc) is 3.25. The Hall–Kier alpha value is -3.84. The Morgan fingerprint density at radius 2 is 2.03 bits per heavy atom. The summed E-state index contributed by atoms with van der Waals surface area (Å²) >= 11 is 1.23. The van der Waals surface area contributed by atoms with Crippen LogP contribution >= 0.6 is 11.3 Å². The minimum atomic E-state index is -0.618. The topological polar surface area (TPSA) is 97.1 Å². The number of nitriles is 1. The molecule has 0 aliphatic rings. The molecule has 0 saturated carbocycles. The van der Waals surface area contributed by atoms with Gasteiger partial charge in [0.1, 0.15) is 34.9 Å². The van der Waals surface area contributed by atoms with Gasteiger partial charge in [-0.25, -0.2) is 8.78 Å². The number of hydrogen-bond donors (Lipinski definition) is 1. The van der Waals surface area contributed by atoms with Crippen LogP contribution in [0.15, 0.2) is 42.0 Å². The molecule has 1 N–H and O–H groups in total. The number of nitrogens with zero attached hydrogens (tertiary/aromatic N) is 3. The molecule has 0 bridgehead atoms. The van der Waals surface area contributed by atoms with Crippen LogP contribution in [-0.2, 0) is 17.8 Å². The summed E-state index contributed by atoms with van der Waals surface area (Å²) in [5.41, 5.74) is 0.419. The van der Waals surface area contributed by atoms with Crippen molar-refractivity contribution in [1.29, 1.82) is 5.26 Å². The molecule has 10 heteroatoms. The number of aryl methyl sites for hydroxylation is 1. The molecule has 164 valence electrons. The van der Waals surface area contributed by atoms with Crippen LogP contribution in [0.4, 0.5) is 13.9 Å². The largest absolute Gasteiger partial charge is 0.493 e. The van der Waals surface area contributed by atoms with Gasteiger partial charge in [0.2, 0.25) is 5.13 Å². The third-order valence-electron chi connectivity index (χ3n) is 4.24. The molecule has 2 aromatic carbocycles. The van der Waals surface area contributed by atoms with E-state index in [1.165, 1.54) is 24.5 Å². The van der Waals surface area contributed by atoms with Crippen LogP contribution in [0.2, 0.25) is 0 Å². The third-order valence-corrected chi connectivity index (χ3v) is 5.23. The molecule has 0 saturated heterocycles. The Morgan fingerprint density at radius 3 is 2.72 bits per heavy atom. The smallest absolute Gasteiger partial charge is 0.268 e. The number of rotatable bonds is 8. The fraction of sp³-hybridized carbons (Fsp3) is 0.182. The highest BCUT2D eigenvalue weighted by atomic mass is 32.1. The first-order valence-electron chi connectivity index (χ1n) is 9.43. The van der Waals surface area contributed by atoms with Crippen molar-refractivity contribution in [1.82, 2.24) is 10.2 Å². The molecule has 0 atom stereocenters. The summed E-state index contributed by atoms with van der Waals surface area (Å²) in [7, 11) is 1.41. The van der Waals surface area contributed by atoms with Crippen LogP contribution in [0.1, 0.15) is 23.1 Å². The quantitative estimate of drug-likeness (QED) is 0.396. The first kappa shape index (κ1) is 22.8. The molecule has 0 spiro atoms. The predicted octanol–water partition coefficient (Wildman–Crippen LogP) is 4.51. The number of anilines is 1. The number of methoxy groups -OCH3 is 1. The van der Waals surface area contributed by atoms with Crippen molar-refractivity contribution in [2.75, 3.05) is 12.4 Å². The maximum Gasteiger partial charge on any atom is 0.268 e. The molecule has 1 aromatic heterocycles. The zero-order valence-corrected chi connectivity index (χ0v) is 18.0. The molecule has 0 aliphatic carbocycles. The Morgan fingerprint density at radius 1 is 1.22 bits per heavy atom. The van der Waals surface area contributed by atoms with Crippen molar-refractivity contribution in [3.63, 3.8) is 0 Å². The van der Waals surface area contributed by atoms with E-state index in [9.17, 15) is 18.8 Å². The van der Waals surface area contributed by atoms with Gasteiger partial charge in [0.15, 0.2) is 11.5 Å². The van der Waals surface area contributed by atoms with Crippen LogP contribution < -0.4 is 14.8 Å². The molecular formula is C22H18F2N4O3S. The van der Waals surface area contributed by atoms with E-state index in [4.69, 9.17) is 9.47 Å².